The van der Waals surface area contributed by atoms with Gasteiger partial charge in [-0.2, -0.15) is 0 Å². The first kappa shape index (κ1) is 24.5. The van der Waals surface area contributed by atoms with Crippen LogP contribution in [0.25, 0.3) is 0 Å². The van der Waals surface area contributed by atoms with Gasteiger partial charge < -0.3 is 16.0 Å². The number of likely N-dealkylation sites (tertiary alicyclic amines) is 1. The van der Waals surface area contributed by atoms with Gasteiger partial charge in [-0.05, 0) is 58.5 Å². The minimum Gasteiger partial charge on any atom is -0.355 e. The summed E-state index contributed by atoms with van der Waals surface area (Å²) in [6.07, 6.45) is 9.66. The Kier molecular flexibility index (Phi) is 11.6. The average Bonchev–Trinajstić information content (AvgIpc) is 3.14. The monoisotopic (exact) mass is 493 g/mol. The normalized spacial score (nSPS) is 19.4. The number of halogens is 1. The number of piperidine rings is 1. The van der Waals surface area contributed by atoms with Gasteiger partial charge in [-0.25, -0.2) is 0 Å². The molecule has 1 heterocycles. The zero-order chi connectivity index (χ0) is 18.8. The zero-order valence-electron chi connectivity index (χ0n) is 17.5. The quantitative estimate of drug-likeness (QED) is 0.211. The Morgan fingerprint density at radius 2 is 1.63 bits per heavy atom. The van der Waals surface area contributed by atoms with Crippen molar-refractivity contribution in [1.82, 2.24) is 20.9 Å². The standard InChI is InChI=1S/C20H39N5O.HI/c1-20(2,25-13-7-4-8-14-25)16-24-19(21-3)23-12-11-22-18(26)15-17-9-5-6-10-17;/h17H,4-16H2,1-3H3,(H,22,26)(H2,21,23,24);1H. The van der Waals surface area contributed by atoms with Crippen molar-refractivity contribution in [3.63, 3.8) is 0 Å². The molecule has 0 radical (unpaired) electrons. The van der Waals surface area contributed by atoms with Crippen LogP contribution in [-0.4, -0.2) is 62.1 Å². The highest BCUT2D eigenvalue weighted by atomic mass is 127. The zero-order valence-corrected chi connectivity index (χ0v) is 19.8. The summed E-state index contributed by atoms with van der Waals surface area (Å²) in [4.78, 5) is 18.8. The van der Waals surface area contributed by atoms with Crippen molar-refractivity contribution in [3.05, 3.63) is 0 Å². The van der Waals surface area contributed by atoms with Gasteiger partial charge in [0.2, 0.25) is 5.91 Å². The van der Waals surface area contributed by atoms with Crippen LogP contribution in [0.5, 0.6) is 0 Å². The predicted octanol–water partition coefficient (Wildman–Crippen LogP) is 2.73. The maximum Gasteiger partial charge on any atom is 0.220 e. The summed E-state index contributed by atoms with van der Waals surface area (Å²) in [6.45, 7) is 9.16. The molecule has 0 spiro atoms. The summed E-state index contributed by atoms with van der Waals surface area (Å²) in [5.74, 6) is 1.60. The first-order chi connectivity index (χ1) is 12.5. The molecule has 6 nitrogen and oxygen atoms in total. The highest BCUT2D eigenvalue weighted by Gasteiger charge is 2.27. The van der Waals surface area contributed by atoms with Gasteiger partial charge in [-0.3, -0.25) is 14.7 Å². The third-order valence-corrected chi connectivity index (χ3v) is 5.81. The molecule has 27 heavy (non-hydrogen) atoms. The van der Waals surface area contributed by atoms with E-state index in [0.29, 0.717) is 25.4 Å². The Morgan fingerprint density at radius 3 is 2.26 bits per heavy atom. The molecule has 1 aliphatic heterocycles. The first-order valence-corrected chi connectivity index (χ1v) is 10.5. The fourth-order valence-electron chi connectivity index (χ4n) is 4.06. The highest BCUT2D eigenvalue weighted by molar-refractivity contribution is 14.0. The van der Waals surface area contributed by atoms with Crippen molar-refractivity contribution in [2.45, 2.75) is 70.8 Å². The van der Waals surface area contributed by atoms with E-state index in [1.165, 1.54) is 58.0 Å². The molecule has 0 aromatic carbocycles. The smallest absolute Gasteiger partial charge is 0.220 e. The molecule has 1 saturated heterocycles. The van der Waals surface area contributed by atoms with Crippen LogP contribution >= 0.6 is 24.0 Å². The Morgan fingerprint density at radius 1 is 1.00 bits per heavy atom. The van der Waals surface area contributed by atoms with Crippen molar-refractivity contribution in [1.29, 1.82) is 0 Å². The van der Waals surface area contributed by atoms with E-state index in [2.05, 4.69) is 39.7 Å². The van der Waals surface area contributed by atoms with E-state index < -0.39 is 0 Å². The third-order valence-electron chi connectivity index (χ3n) is 5.81. The molecule has 0 unspecified atom stereocenters. The van der Waals surface area contributed by atoms with E-state index in [4.69, 9.17) is 0 Å². The molecule has 2 fully saturated rings. The van der Waals surface area contributed by atoms with Crippen molar-refractivity contribution in [3.8, 4) is 0 Å². The second-order valence-electron chi connectivity index (χ2n) is 8.42. The lowest BCUT2D eigenvalue weighted by atomic mass is 9.98. The van der Waals surface area contributed by atoms with Crippen LogP contribution in [0.15, 0.2) is 4.99 Å². The number of amides is 1. The van der Waals surface area contributed by atoms with Crippen molar-refractivity contribution in [2.75, 3.05) is 39.8 Å². The fourth-order valence-corrected chi connectivity index (χ4v) is 4.06. The number of aliphatic imine (C=N–C) groups is 1. The summed E-state index contributed by atoms with van der Waals surface area (Å²) in [7, 11) is 1.79. The van der Waals surface area contributed by atoms with E-state index >= 15 is 0 Å². The number of carbonyl (C=O) groups is 1. The van der Waals surface area contributed by atoms with Crippen molar-refractivity contribution >= 4 is 35.8 Å². The molecule has 0 aromatic heterocycles. The second kappa shape index (κ2) is 12.8. The van der Waals surface area contributed by atoms with Gasteiger partial charge in [0.25, 0.3) is 0 Å². The van der Waals surface area contributed by atoms with Crippen LogP contribution in [0.4, 0.5) is 0 Å². The molecule has 2 aliphatic rings. The molecule has 0 bridgehead atoms. The van der Waals surface area contributed by atoms with Gasteiger partial charge in [0, 0.05) is 38.6 Å². The van der Waals surface area contributed by atoms with Gasteiger partial charge in [-0.1, -0.05) is 19.3 Å². The van der Waals surface area contributed by atoms with Crippen molar-refractivity contribution in [2.24, 2.45) is 10.9 Å². The van der Waals surface area contributed by atoms with E-state index in [9.17, 15) is 4.79 Å². The number of nitrogens with zero attached hydrogens (tertiary/aromatic N) is 2. The van der Waals surface area contributed by atoms with E-state index in [1.807, 2.05) is 0 Å². The number of carbonyl (C=O) groups excluding carboxylic acids is 1. The Bertz CT molecular complexity index is 457. The molecule has 7 heteroatoms. The topological polar surface area (TPSA) is 68.8 Å². The van der Waals surface area contributed by atoms with Gasteiger partial charge >= 0.3 is 0 Å². The number of hydrogen-bond acceptors (Lipinski definition) is 3. The summed E-state index contributed by atoms with van der Waals surface area (Å²) < 4.78 is 0. The van der Waals surface area contributed by atoms with Crippen LogP contribution in [0, 0.1) is 5.92 Å². The number of guanidine groups is 1. The lowest BCUT2D eigenvalue weighted by molar-refractivity contribution is -0.121. The van der Waals surface area contributed by atoms with Crippen LogP contribution < -0.4 is 16.0 Å². The maximum atomic E-state index is 12.0. The fraction of sp³-hybridized carbons (Fsp3) is 0.900. The molecular formula is C20H40IN5O. The first-order valence-electron chi connectivity index (χ1n) is 10.5. The van der Waals surface area contributed by atoms with Gasteiger partial charge in [0.1, 0.15) is 0 Å². The highest BCUT2D eigenvalue weighted by Crippen LogP contribution is 2.27. The van der Waals surface area contributed by atoms with Crippen LogP contribution in [-0.2, 0) is 4.79 Å². The number of hydrogen-bond donors (Lipinski definition) is 3. The molecule has 158 valence electrons. The molecule has 1 saturated carbocycles. The molecule has 3 N–H and O–H groups in total. The summed E-state index contributed by atoms with van der Waals surface area (Å²) >= 11 is 0. The van der Waals surface area contributed by atoms with E-state index in [1.54, 1.807) is 7.05 Å². The molecule has 1 amide bonds. The second-order valence-corrected chi connectivity index (χ2v) is 8.42. The predicted molar refractivity (Wildman–Crippen MR) is 124 cm³/mol. The lowest BCUT2D eigenvalue weighted by Crippen LogP contribution is -2.55. The number of nitrogens with one attached hydrogen (secondary N) is 3. The summed E-state index contributed by atoms with van der Waals surface area (Å²) in [5.41, 5.74) is 0.119. The SMILES string of the molecule is CN=C(NCCNC(=O)CC1CCCC1)NCC(C)(C)N1CCCCC1.I. The van der Waals surface area contributed by atoms with E-state index in [-0.39, 0.29) is 35.4 Å². The van der Waals surface area contributed by atoms with Crippen LogP contribution in [0.2, 0.25) is 0 Å². The van der Waals surface area contributed by atoms with Gasteiger partial charge in [-0.15, -0.1) is 24.0 Å². The summed E-state index contributed by atoms with van der Waals surface area (Å²) in [5, 5.41) is 9.76. The molecule has 2 rings (SSSR count). The Balaban J connectivity index is 0.00000364. The van der Waals surface area contributed by atoms with Crippen LogP contribution in [0.1, 0.15) is 65.2 Å². The molecule has 0 atom stereocenters. The largest absolute Gasteiger partial charge is 0.355 e. The Labute approximate surface area is 182 Å². The molecule has 0 aromatic rings. The minimum absolute atomic E-state index is 0. The van der Waals surface area contributed by atoms with E-state index in [0.717, 1.165) is 12.5 Å². The van der Waals surface area contributed by atoms with Crippen molar-refractivity contribution < 1.29 is 4.79 Å². The summed E-state index contributed by atoms with van der Waals surface area (Å²) in [6, 6.07) is 0. The molecule has 1 aliphatic carbocycles. The lowest BCUT2D eigenvalue weighted by Gasteiger charge is -2.41. The minimum atomic E-state index is 0. The molecular weight excluding hydrogens is 453 g/mol. The van der Waals surface area contributed by atoms with Gasteiger partial charge in [0.15, 0.2) is 5.96 Å². The average molecular weight is 493 g/mol. The van der Waals surface area contributed by atoms with Crippen LogP contribution in [0.3, 0.4) is 0 Å². The third kappa shape index (κ3) is 8.98. The Hall–Kier alpha value is -0.570. The van der Waals surface area contributed by atoms with Gasteiger partial charge in [0.05, 0.1) is 0 Å². The number of rotatable bonds is 8. The maximum absolute atomic E-state index is 12.0.